The number of hydrogen-bond donors (Lipinski definition) is 1. The third-order valence-electron chi connectivity index (χ3n) is 4.83. The zero-order valence-electron chi connectivity index (χ0n) is 14.5. The van der Waals surface area contributed by atoms with Crippen molar-refractivity contribution in [2.45, 2.75) is 44.6 Å². The Hall–Kier alpha value is -2.56. The standard InChI is InChI=1S/C20H24N2O3/c1-22(17-7-4-2-3-5-8-17)20(24)15-10-12-16(13-11-15)21-19(23)18-9-6-14-25-18/h6,9-14,17H,2-5,7-8H2,1H3,(H,21,23). The van der Waals surface area contributed by atoms with Crippen LogP contribution in [0.3, 0.4) is 0 Å². The van der Waals surface area contributed by atoms with Gasteiger partial charge in [-0.05, 0) is 49.2 Å². The molecule has 1 aliphatic carbocycles. The molecule has 0 saturated heterocycles. The van der Waals surface area contributed by atoms with Gasteiger partial charge >= 0.3 is 0 Å². The number of carbonyl (C=O) groups excluding carboxylic acids is 2. The zero-order valence-corrected chi connectivity index (χ0v) is 14.5. The number of nitrogens with zero attached hydrogens (tertiary/aromatic N) is 1. The largest absolute Gasteiger partial charge is 0.459 e. The van der Waals surface area contributed by atoms with Crippen LogP contribution < -0.4 is 5.32 Å². The van der Waals surface area contributed by atoms with E-state index in [0.29, 0.717) is 17.3 Å². The quantitative estimate of drug-likeness (QED) is 0.843. The maximum absolute atomic E-state index is 12.7. The highest BCUT2D eigenvalue weighted by Gasteiger charge is 2.22. The minimum Gasteiger partial charge on any atom is -0.459 e. The van der Waals surface area contributed by atoms with E-state index in [0.717, 1.165) is 12.8 Å². The fourth-order valence-corrected chi connectivity index (χ4v) is 3.31. The lowest BCUT2D eigenvalue weighted by molar-refractivity contribution is 0.0717. The van der Waals surface area contributed by atoms with E-state index in [-0.39, 0.29) is 17.6 Å². The second kappa shape index (κ2) is 8.01. The molecule has 3 rings (SSSR count). The van der Waals surface area contributed by atoms with Gasteiger partial charge < -0.3 is 14.6 Å². The van der Waals surface area contributed by atoms with Gasteiger partial charge in [-0.25, -0.2) is 0 Å². The van der Waals surface area contributed by atoms with Crippen LogP contribution in [0.5, 0.6) is 0 Å². The average Bonchev–Trinajstić information content (AvgIpc) is 3.04. The number of carbonyl (C=O) groups is 2. The Morgan fingerprint density at radius 1 is 1.04 bits per heavy atom. The Bertz CT molecular complexity index is 699. The molecule has 0 unspecified atom stereocenters. The predicted molar refractivity (Wildman–Crippen MR) is 96.7 cm³/mol. The van der Waals surface area contributed by atoms with E-state index in [1.54, 1.807) is 36.4 Å². The van der Waals surface area contributed by atoms with Crippen molar-refractivity contribution in [2.75, 3.05) is 12.4 Å². The first-order valence-electron chi connectivity index (χ1n) is 8.87. The molecule has 0 atom stereocenters. The van der Waals surface area contributed by atoms with Crippen LogP contribution in [-0.4, -0.2) is 29.8 Å². The van der Waals surface area contributed by atoms with Crippen LogP contribution in [0.15, 0.2) is 47.1 Å². The molecule has 1 saturated carbocycles. The summed E-state index contributed by atoms with van der Waals surface area (Å²) in [6, 6.07) is 10.6. The summed E-state index contributed by atoms with van der Waals surface area (Å²) in [6.07, 6.45) is 8.55. The molecule has 1 fully saturated rings. The number of rotatable bonds is 4. The second-order valence-corrected chi connectivity index (χ2v) is 6.57. The van der Waals surface area contributed by atoms with Gasteiger partial charge in [0.05, 0.1) is 6.26 Å². The molecule has 25 heavy (non-hydrogen) atoms. The van der Waals surface area contributed by atoms with E-state index < -0.39 is 0 Å². The highest BCUT2D eigenvalue weighted by molar-refractivity contribution is 6.02. The maximum atomic E-state index is 12.7. The van der Waals surface area contributed by atoms with Crippen molar-refractivity contribution in [1.29, 1.82) is 0 Å². The van der Waals surface area contributed by atoms with Gasteiger partial charge in [-0.3, -0.25) is 9.59 Å². The van der Waals surface area contributed by atoms with Gasteiger partial charge in [0, 0.05) is 24.3 Å². The van der Waals surface area contributed by atoms with Gasteiger partial charge in [0.15, 0.2) is 5.76 Å². The summed E-state index contributed by atoms with van der Waals surface area (Å²) in [6.45, 7) is 0. The lowest BCUT2D eigenvalue weighted by Crippen LogP contribution is -2.36. The molecule has 1 aromatic heterocycles. The number of benzene rings is 1. The third-order valence-corrected chi connectivity index (χ3v) is 4.83. The monoisotopic (exact) mass is 340 g/mol. The molecule has 5 heteroatoms. The van der Waals surface area contributed by atoms with E-state index in [2.05, 4.69) is 5.32 Å². The van der Waals surface area contributed by atoms with Crippen LogP contribution in [0.4, 0.5) is 5.69 Å². The minimum absolute atomic E-state index is 0.0378. The van der Waals surface area contributed by atoms with Crippen LogP contribution in [0.1, 0.15) is 59.4 Å². The smallest absolute Gasteiger partial charge is 0.291 e. The molecule has 0 bridgehead atoms. The molecule has 0 aliphatic heterocycles. The van der Waals surface area contributed by atoms with Crippen molar-refractivity contribution in [2.24, 2.45) is 0 Å². The van der Waals surface area contributed by atoms with Gasteiger partial charge in [-0.1, -0.05) is 25.7 Å². The van der Waals surface area contributed by atoms with Crippen molar-refractivity contribution in [3.63, 3.8) is 0 Å². The number of nitrogens with one attached hydrogen (secondary N) is 1. The van der Waals surface area contributed by atoms with Gasteiger partial charge in [-0.15, -0.1) is 0 Å². The van der Waals surface area contributed by atoms with Crippen molar-refractivity contribution >= 4 is 17.5 Å². The number of amides is 2. The highest BCUT2D eigenvalue weighted by Crippen LogP contribution is 2.22. The maximum Gasteiger partial charge on any atom is 0.291 e. The van der Waals surface area contributed by atoms with E-state index in [9.17, 15) is 9.59 Å². The topological polar surface area (TPSA) is 62.6 Å². The molecule has 2 aromatic rings. The van der Waals surface area contributed by atoms with Crippen LogP contribution >= 0.6 is 0 Å². The molecule has 1 heterocycles. The van der Waals surface area contributed by atoms with Crippen LogP contribution in [0.25, 0.3) is 0 Å². The van der Waals surface area contributed by atoms with Crippen LogP contribution in [0, 0.1) is 0 Å². The molecule has 1 aromatic carbocycles. The van der Waals surface area contributed by atoms with Gasteiger partial charge in [0.2, 0.25) is 0 Å². The predicted octanol–water partition coefficient (Wildman–Crippen LogP) is 4.33. The average molecular weight is 340 g/mol. The Balaban J connectivity index is 1.62. The molecule has 1 aliphatic rings. The number of furan rings is 1. The van der Waals surface area contributed by atoms with Gasteiger partial charge in [0.1, 0.15) is 0 Å². The first-order chi connectivity index (χ1) is 12.1. The molecule has 1 N–H and O–H groups in total. The zero-order chi connectivity index (χ0) is 17.6. The molecule has 0 spiro atoms. The van der Waals surface area contributed by atoms with E-state index in [1.807, 2.05) is 11.9 Å². The van der Waals surface area contributed by atoms with Crippen molar-refractivity contribution in [1.82, 2.24) is 4.90 Å². The number of anilines is 1. The molecule has 5 nitrogen and oxygen atoms in total. The Labute approximate surface area is 148 Å². The van der Waals surface area contributed by atoms with Gasteiger partial charge in [0.25, 0.3) is 11.8 Å². The molecule has 2 amide bonds. The van der Waals surface area contributed by atoms with Gasteiger partial charge in [-0.2, -0.15) is 0 Å². The minimum atomic E-state index is -0.306. The first-order valence-corrected chi connectivity index (χ1v) is 8.87. The fourth-order valence-electron chi connectivity index (χ4n) is 3.31. The fraction of sp³-hybridized carbons (Fsp3) is 0.400. The number of hydrogen-bond acceptors (Lipinski definition) is 3. The van der Waals surface area contributed by atoms with E-state index >= 15 is 0 Å². The third kappa shape index (κ3) is 4.29. The molecule has 132 valence electrons. The summed E-state index contributed by atoms with van der Waals surface area (Å²) >= 11 is 0. The first kappa shape index (κ1) is 17.3. The Morgan fingerprint density at radius 2 is 1.72 bits per heavy atom. The Morgan fingerprint density at radius 3 is 2.32 bits per heavy atom. The summed E-state index contributed by atoms with van der Waals surface area (Å²) in [4.78, 5) is 26.5. The van der Waals surface area contributed by atoms with E-state index in [1.165, 1.54) is 31.9 Å². The van der Waals surface area contributed by atoms with E-state index in [4.69, 9.17) is 4.42 Å². The molecular weight excluding hydrogens is 316 g/mol. The molecular formula is C20H24N2O3. The molecule has 0 radical (unpaired) electrons. The summed E-state index contributed by atoms with van der Waals surface area (Å²) in [5, 5.41) is 2.75. The SMILES string of the molecule is CN(C(=O)c1ccc(NC(=O)c2ccco2)cc1)C1CCCCCC1. The van der Waals surface area contributed by atoms with Crippen molar-refractivity contribution in [3.05, 3.63) is 54.0 Å². The second-order valence-electron chi connectivity index (χ2n) is 6.57. The highest BCUT2D eigenvalue weighted by atomic mass is 16.3. The van der Waals surface area contributed by atoms with Crippen molar-refractivity contribution in [3.8, 4) is 0 Å². The normalized spacial score (nSPS) is 15.4. The van der Waals surface area contributed by atoms with Crippen LogP contribution in [-0.2, 0) is 0 Å². The summed E-state index contributed by atoms with van der Waals surface area (Å²) in [5.74, 6) is -0.0105. The lowest BCUT2D eigenvalue weighted by Gasteiger charge is -2.27. The van der Waals surface area contributed by atoms with Crippen LogP contribution in [0.2, 0.25) is 0 Å². The summed E-state index contributed by atoms with van der Waals surface area (Å²) < 4.78 is 5.07. The Kier molecular flexibility index (Phi) is 5.53. The van der Waals surface area contributed by atoms with Crippen molar-refractivity contribution < 1.29 is 14.0 Å². The summed E-state index contributed by atoms with van der Waals surface area (Å²) in [7, 11) is 1.89. The summed E-state index contributed by atoms with van der Waals surface area (Å²) in [5.41, 5.74) is 1.28. The lowest BCUT2D eigenvalue weighted by atomic mass is 10.1.